The van der Waals surface area contributed by atoms with Crippen molar-refractivity contribution in [3.63, 3.8) is 0 Å². The fourth-order valence-corrected chi connectivity index (χ4v) is 2.43. The first-order valence-corrected chi connectivity index (χ1v) is 6.56. The Morgan fingerprint density at radius 1 is 1.14 bits per heavy atom. The summed E-state index contributed by atoms with van der Waals surface area (Å²) in [6, 6.07) is 10.3. The van der Waals surface area contributed by atoms with Crippen LogP contribution in [0.1, 0.15) is 15.9 Å². The van der Waals surface area contributed by atoms with Gasteiger partial charge in [-0.15, -0.1) is 0 Å². The molecule has 0 amide bonds. The Morgan fingerprint density at radius 2 is 1.86 bits per heavy atom. The van der Waals surface area contributed by atoms with Gasteiger partial charge >= 0.3 is 5.97 Å². The zero-order valence-electron chi connectivity index (χ0n) is 11.6. The molecule has 0 atom stereocenters. The molecule has 0 saturated carbocycles. The lowest BCUT2D eigenvalue weighted by molar-refractivity contribution is 0.0699. The Kier molecular flexibility index (Phi) is 3.33. The van der Waals surface area contributed by atoms with E-state index in [1.165, 1.54) is 6.07 Å². The van der Waals surface area contributed by atoms with Crippen LogP contribution in [0.25, 0.3) is 22.2 Å². The minimum Gasteiger partial charge on any atom is -0.478 e. The molecule has 1 heterocycles. The van der Waals surface area contributed by atoms with Crippen molar-refractivity contribution < 1.29 is 18.7 Å². The van der Waals surface area contributed by atoms with Crippen molar-refractivity contribution in [2.45, 2.75) is 6.92 Å². The summed E-state index contributed by atoms with van der Waals surface area (Å²) in [4.78, 5) is 15.6. The third-order valence-corrected chi connectivity index (χ3v) is 3.48. The molecule has 0 radical (unpaired) electrons. The number of hydrogen-bond donors (Lipinski definition) is 1. The maximum absolute atomic E-state index is 14.0. The van der Waals surface area contributed by atoms with Crippen LogP contribution < -0.4 is 0 Å². The summed E-state index contributed by atoms with van der Waals surface area (Å²) >= 11 is 0. The second kappa shape index (κ2) is 5.18. The number of hydrogen-bond acceptors (Lipinski definition) is 2. The number of carboxylic acids is 1. The van der Waals surface area contributed by atoms with Gasteiger partial charge in [-0.25, -0.2) is 18.6 Å². The summed E-state index contributed by atoms with van der Waals surface area (Å²) in [6.45, 7) is 1.85. The van der Waals surface area contributed by atoms with Crippen molar-refractivity contribution in [3.05, 3.63) is 65.2 Å². The third-order valence-electron chi connectivity index (χ3n) is 3.48. The van der Waals surface area contributed by atoms with Gasteiger partial charge in [-0.3, -0.25) is 0 Å². The second-order valence-corrected chi connectivity index (χ2v) is 4.96. The Bertz CT molecular complexity index is 907. The number of benzene rings is 2. The highest BCUT2D eigenvalue weighted by Crippen LogP contribution is 2.28. The summed E-state index contributed by atoms with van der Waals surface area (Å²) in [6.07, 6.45) is 0. The van der Waals surface area contributed by atoms with Crippen molar-refractivity contribution in [2.24, 2.45) is 0 Å². The van der Waals surface area contributed by atoms with Crippen LogP contribution in [0.3, 0.4) is 0 Å². The van der Waals surface area contributed by atoms with Gasteiger partial charge < -0.3 is 5.11 Å². The molecule has 0 saturated heterocycles. The smallest absolute Gasteiger partial charge is 0.336 e. The molecule has 0 bridgehead atoms. The monoisotopic (exact) mass is 299 g/mol. The van der Waals surface area contributed by atoms with E-state index >= 15 is 0 Å². The summed E-state index contributed by atoms with van der Waals surface area (Å²) in [5.41, 5.74) is 1.60. The van der Waals surface area contributed by atoms with E-state index in [2.05, 4.69) is 4.98 Å². The highest BCUT2D eigenvalue weighted by atomic mass is 19.1. The molecule has 0 spiro atoms. The summed E-state index contributed by atoms with van der Waals surface area (Å²) in [5.74, 6) is -2.97. The van der Waals surface area contributed by atoms with Crippen LogP contribution in [-0.4, -0.2) is 16.1 Å². The van der Waals surface area contributed by atoms with Crippen LogP contribution in [0, 0.1) is 18.6 Å². The number of pyridine rings is 1. The molecule has 0 fully saturated rings. The van der Waals surface area contributed by atoms with E-state index in [1.54, 1.807) is 12.1 Å². The SMILES string of the molecule is Cc1ccccc1-c1cc(C(=O)O)c2cc(F)cc(F)c2n1. The van der Waals surface area contributed by atoms with Gasteiger partial charge in [0.15, 0.2) is 5.82 Å². The van der Waals surface area contributed by atoms with E-state index in [0.717, 1.165) is 11.6 Å². The lowest BCUT2D eigenvalue weighted by Gasteiger charge is -2.10. The molecule has 110 valence electrons. The Morgan fingerprint density at radius 3 is 2.55 bits per heavy atom. The molecule has 5 heteroatoms. The minimum atomic E-state index is -1.26. The van der Waals surface area contributed by atoms with E-state index in [1.807, 2.05) is 19.1 Å². The van der Waals surface area contributed by atoms with Crippen LogP contribution in [-0.2, 0) is 0 Å². The molecule has 0 aliphatic rings. The fourth-order valence-electron chi connectivity index (χ4n) is 2.43. The number of carbonyl (C=O) groups is 1. The van der Waals surface area contributed by atoms with Gasteiger partial charge in [0.05, 0.1) is 11.3 Å². The van der Waals surface area contributed by atoms with Gasteiger partial charge in [-0.1, -0.05) is 24.3 Å². The quantitative estimate of drug-likeness (QED) is 0.772. The third kappa shape index (κ3) is 2.30. The maximum Gasteiger partial charge on any atom is 0.336 e. The van der Waals surface area contributed by atoms with E-state index in [0.29, 0.717) is 17.3 Å². The zero-order valence-corrected chi connectivity index (χ0v) is 11.6. The molecule has 3 rings (SSSR count). The maximum atomic E-state index is 14.0. The normalized spacial score (nSPS) is 10.9. The molecule has 1 N–H and O–H groups in total. The number of carboxylic acid groups (broad SMARTS) is 1. The number of nitrogens with zero attached hydrogens (tertiary/aromatic N) is 1. The average Bonchev–Trinajstić information content (AvgIpc) is 2.46. The second-order valence-electron chi connectivity index (χ2n) is 4.96. The van der Waals surface area contributed by atoms with Gasteiger partial charge in [0.1, 0.15) is 11.3 Å². The van der Waals surface area contributed by atoms with Crippen LogP contribution >= 0.6 is 0 Å². The molecule has 0 unspecified atom stereocenters. The van der Waals surface area contributed by atoms with Gasteiger partial charge in [0, 0.05) is 17.0 Å². The predicted octanol–water partition coefficient (Wildman–Crippen LogP) is 4.19. The summed E-state index contributed by atoms with van der Waals surface area (Å²) < 4.78 is 27.4. The average molecular weight is 299 g/mol. The molecular weight excluding hydrogens is 288 g/mol. The van der Waals surface area contributed by atoms with Crippen molar-refractivity contribution >= 4 is 16.9 Å². The summed E-state index contributed by atoms with van der Waals surface area (Å²) in [7, 11) is 0. The topological polar surface area (TPSA) is 50.2 Å². The van der Waals surface area contributed by atoms with Crippen LogP contribution in [0.2, 0.25) is 0 Å². The van der Waals surface area contributed by atoms with Crippen molar-refractivity contribution in [2.75, 3.05) is 0 Å². The van der Waals surface area contributed by atoms with Gasteiger partial charge in [0.25, 0.3) is 0 Å². The van der Waals surface area contributed by atoms with E-state index in [4.69, 9.17) is 0 Å². The predicted molar refractivity (Wildman–Crippen MR) is 78.8 cm³/mol. The molecule has 3 nitrogen and oxygen atoms in total. The van der Waals surface area contributed by atoms with E-state index in [-0.39, 0.29) is 16.5 Å². The molecule has 0 aliphatic heterocycles. The van der Waals surface area contributed by atoms with Gasteiger partial charge in [-0.2, -0.15) is 0 Å². The molecule has 1 aromatic heterocycles. The number of halogens is 2. The molecule has 2 aromatic carbocycles. The Hall–Kier alpha value is -2.82. The highest BCUT2D eigenvalue weighted by Gasteiger charge is 2.17. The lowest BCUT2D eigenvalue weighted by atomic mass is 10.0. The van der Waals surface area contributed by atoms with Crippen molar-refractivity contribution in [3.8, 4) is 11.3 Å². The standard InChI is InChI=1S/C17H11F2NO2/c1-9-4-2-3-5-11(9)15-8-13(17(21)22)12-6-10(18)7-14(19)16(12)20-15/h2-8H,1H3,(H,21,22). The highest BCUT2D eigenvalue weighted by molar-refractivity contribution is 6.04. The van der Waals surface area contributed by atoms with E-state index in [9.17, 15) is 18.7 Å². The van der Waals surface area contributed by atoms with Crippen LogP contribution in [0.15, 0.2) is 42.5 Å². The van der Waals surface area contributed by atoms with Crippen molar-refractivity contribution in [1.82, 2.24) is 4.98 Å². The number of aromatic carboxylic acids is 1. The summed E-state index contributed by atoms with van der Waals surface area (Å²) in [5, 5.41) is 9.28. The van der Waals surface area contributed by atoms with Gasteiger partial charge in [0.2, 0.25) is 0 Å². The Labute approximate surface area is 124 Å². The van der Waals surface area contributed by atoms with Crippen LogP contribution in [0.4, 0.5) is 8.78 Å². The molecule has 3 aromatic rings. The van der Waals surface area contributed by atoms with E-state index < -0.39 is 17.6 Å². The van der Waals surface area contributed by atoms with Crippen molar-refractivity contribution in [1.29, 1.82) is 0 Å². The first-order valence-electron chi connectivity index (χ1n) is 6.56. The molecular formula is C17H11F2NO2. The number of aromatic nitrogens is 1. The first kappa shape index (κ1) is 14.1. The largest absolute Gasteiger partial charge is 0.478 e. The molecule has 22 heavy (non-hydrogen) atoms. The zero-order chi connectivity index (χ0) is 15.9. The molecule has 0 aliphatic carbocycles. The Balaban J connectivity index is 2.40. The lowest BCUT2D eigenvalue weighted by Crippen LogP contribution is -2.02. The minimum absolute atomic E-state index is 0.0534. The van der Waals surface area contributed by atoms with Crippen LogP contribution in [0.5, 0.6) is 0 Å². The number of aryl methyl sites for hydroxylation is 1. The fraction of sp³-hybridized carbons (Fsp3) is 0.0588. The van der Waals surface area contributed by atoms with Gasteiger partial charge in [-0.05, 0) is 24.6 Å². The number of rotatable bonds is 2. The number of fused-ring (bicyclic) bond motifs is 1. The first-order chi connectivity index (χ1) is 10.5.